The predicted molar refractivity (Wildman–Crippen MR) is 110 cm³/mol. The molecule has 0 amide bonds. The number of likely N-dealkylation sites (tertiary alicyclic amines) is 1. The van der Waals surface area contributed by atoms with Crippen LogP contribution in [-0.2, 0) is 6.54 Å². The average molecular weight is 383 g/mol. The first-order chi connectivity index (χ1) is 13.6. The van der Waals surface area contributed by atoms with E-state index < -0.39 is 0 Å². The molecule has 2 fully saturated rings. The number of phenolic OH excluding ortho intramolecular Hbond substituents is 1. The maximum Gasteiger partial charge on any atom is 0.228 e. The Balaban J connectivity index is 1.39. The topological polar surface area (TPSA) is 72.7 Å². The fourth-order valence-electron chi connectivity index (χ4n) is 4.28. The van der Waals surface area contributed by atoms with Gasteiger partial charge in [0.25, 0.3) is 0 Å². The third-order valence-corrected chi connectivity index (χ3v) is 6.05. The third kappa shape index (κ3) is 4.38. The SMILES string of the molecule is Cc1ccc(CN2CCC(c3cc(O)nc(N4CCCCC4)n3)CC2)cc1O. The van der Waals surface area contributed by atoms with E-state index in [1.807, 2.05) is 19.1 Å². The molecular formula is C22H30N4O2. The van der Waals surface area contributed by atoms with Gasteiger partial charge in [-0.1, -0.05) is 12.1 Å². The minimum Gasteiger partial charge on any atom is -0.508 e. The smallest absolute Gasteiger partial charge is 0.228 e. The summed E-state index contributed by atoms with van der Waals surface area (Å²) in [4.78, 5) is 13.7. The second-order valence-electron chi connectivity index (χ2n) is 8.17. The molecule has 0 spiro atoms. The summed E-state index contributed by atoms with van der Waals surface area (Å²) in [6.45, 7) is 6.70. The number of aromatic nitrogens is 2. The molecule has 0 saturated carbocycles. The highest BCUT2D eigenvalue weighted by Crippen LogP contribution is 2.31. The predicted octanol–water partition coefficient (Wildman–Crippen LogP) is 3.57. The van der Waals surface area contributed by atoms with E-state index in [9.17, 15) is 10.2 Å². The number of aromatic hydroxyl groups is 2. The lowest BCUT2D eigenvalue weighted by molar-refractivity contribution is 0.203. The highest BCUT2D eigenvalue weighted by molar-refractivity contribution is 5.36. The zero-order chi connectivity index (χ0) is 19.5. The van der Waals surface area contributed by atoms with Crippen molar-refractivity contribution in [3.63, 3.8) is 0 Å². The largest absolute Gasteiger partial charge is 0.508 e. The minimum atomic E-state index is 0.0862. The van der Waals surface area contributed by atoms with E-state index in [1.54, 1.807) is 6.07 Å². The van der Waals surface area contributed by atoms with Crippen LogP contribution >= 0.6 is 0 Å². The third-order valence-electron chi connectivity index (χ3n) is 6.05. The monoisotopic (exact) mass is 382 g/mol. The molecule has 3 heterocycles. The van der Waals surface area contributed by atoms with Gasteiger partial charge in [-0.2, -0.15) is 4.98 Å². The molecular weight excluding hydrogens is 352 g/mol. The van der Waals surface area contributed by atoms with E-state index >= 15 is 0 Å². The van der Waals surface area contributed by atoms with Crippen molar-refractivity contribution in [3.8, 4) is 11.6 Å². The first-order valence-corrected chi connectivity index (χ1v) is 10.4. The summed E-state index contributed by atoms with van der Waals surface area (Å²) in [5.74, 6) is 1.50. The summed E-state index contributed by atoms with van der Waals surface area (Å²) in [5.41, 5.74) is 3.03. The van der Waals surface area contributed by atoms with E-state index in [0.29, 0.717) is 17.6 Å². The van der Waals surface area contributed by atoms with Gasteiger partial charge < -0.3 is 15.1 Å². The lowest BCUT2D eigenvalue weighted by Crippen LogP contribution is -2.33. The first kappa shape index (κ1) is 19.0. The molecule has 0 atom stereocenters. The molecule has 6 heteroatoms. The van der Waals surface area contributed by atoms with Crippen LogP contribution in [0.3, 0.4) is 0 Å². The van der Waals surface area contributed by atoms with Gasteiger partial charge in [-0.05, 0) is 69.3 Å². The van der Waals surface area contributed by atoms with E-state index in [0.717, 1.165) is 62.4 Å². The standard InChI is InChI=1S/C22H30N4O2/c1-16-5-6-17(13-20(16)27)15-25-11-7-18(8-12-25)19-14-21(28)24-22(23-19)26-9-3-2-4-10-26/h5-6,13-14,18,27H,2-4,7-12,15H2,1H3,(H,23,24,28). The molecule has 0 unspecified atom stereocenters. The van der Waals surface area contributed by atoms with Gasteiger partial charge in [0.1, 0.15) is 5.75 Å². The zero-order valence-corrected chi connectivity index (χ0v) is 16.6. The quantitative estimate of drug-likeness (QED) is 0.842. The van der Waals surface area contributed by atoms with Crippen LogP contribution in [0.25, 0.3) is 0 Å². The van der Waals surface area contributed by atoms with Crippen molar-refractivity contribution < 1.29 is 10.2 Å². The molecule has 2 aliphatic rings. The van der Waals surface area contributed by atoms with Gasteiger partial charge in [0, 0.05) is 31.6 Å². The van der Waals surface area contributed by atoms with E-state index in [2.05, 4.69) is 20.9 Å². The zero-order valence-electron chi connectivity index (χ0n) is 16.6. The second kappa shape index (κ2) is 8.35. The van der Waals surface area contributed by atoms with Gasteiger partial charge in [0.15, 0.2) is 0 Å². The molecule has 2 saturated heterocycles. The number of hydrogen-bond acceptors (Lipinski definition) is 6. The van der Waals surface area contributed by atoms with Crippen molar-refractivity contribution >= 4 is 5.95 Å². The number of aryl methyl sites for hydroxylation is 1. The minimum absolute atomic E-state index is 0.0862. The first-order valence-electron chi connectivity index (χ1n) is 10.4. The van der Waals surface area contributed by atoms with Crippen LogP contribution in [0.5, 0.6) is 11.6 Å². The van der Waals surface area contributed by atoms with E-state index in [-0.39, 0.29) is 5.88 Å². The molecule has 2 aliphatic heterocycles. The van der Waals surface area contributed by atoms with Crippen molar-refractivity contribution in [2.24, 2.45) is 0 Å². The molecule has 0 bridgehead atoms. The number of benzene rings is 1. The molecule has 4 rings (SSSR count). The van der Waals surface area contributed by atoms with Crippen molar-refractivity contribution in [1.29, 1.82) is 0 Å². The lowest BCUT2D eigenvalue weighted by atomic mass is 9.93. The Morgan fingerprint density at radius 3 is 2.43 bits per heavy atom. The maximum absolute atomic E-state index is 10.1. The normalized spacial score (nSPS) is 19.1. The molecule has 2 aromatic rings. The van der Waals surface area contributed by atoms with Crippen molar-refractivity contribution in [1.82, 2.24) is 14.9 Å². The number of hydrogen-bond donors (Lipinski definition) is 2. The molecule has 1 aromatic heterocycles. The molecule has 6 nitrogen and oxygen atoms in total. The summed E-state index contributed by atoms with van der Waals surface area (Å²) in [6, 6.07) is 7.68. The van der Waals surface area contributed by atoms with Gasteiger partial charge in [0.2, 0.25) is 11.8 Å². The summed E-state index contributed by atoms with van der Waals surface area (Å²) >= 11 is 0. The molecule has 150 valence electrons. The Kier molecular flexibility index (Phi) is 5.67. The van der Waals surface area contributed by atoms with Crippen LogP contribution in [0, 0.1) is 6.92 Å². The highest BCUT2D eigenvalue weighted by Gasteiger charge is 2.24. The molecule has 28 heavy (non-hydrogen) atoms. The number of anilines is 1. The maximum atomic E-state index is 10.1. The lowest BCUT2D eigenvalue weighted by Gasteiger charge is -2.32. The van der Waals surface area contributed by atoms with Crippen LogP contribution in [0.15, 0.2) is 24.3 Å². The molecule has 2 N–H and O–H groups in total. The summed E-state index contributed by atoms with van der Waals surface area (Å²) in [6.07, 6.45) is 5.64. The van der Waals surface area contributed by atoms with Gasteiger partial charge in [-0.3, -0.25) is 4.90 Å². The van der Waals surface area contributed by atoms with Gasteiger partial charge in [-0.15, -0.1) is 0 Å². The van der Waals surface area contributed by atoms with Crippen molar-refractivity contribution in [3.05, 3.63) is 41.1 Å². The number of piperidine rings is 2. The van der Waals surface area contributed by atoms with Crippen LogP contribution in [0.1, 0.15) is 54.8 Å². The fourth-order valence-corrected chi connectivity index (χ4v) is 4.28. The number of rotatable bonds is 4. The Bertz CT molecular complexity index is 812. The fraction of sp³-hybridized carbons (Fsp3) is 0.545. The number of nitrogens with zero attached hydrogens (tertiary/aromatic N) is 4. The van der Waals surface area contributed by atoms with Crippen molar-refractivity contribution in [2.75, 3.05) is 31.1 Å². The van der Waals surface area contributed by atoms with Gasteiger partial charge in [0.05, 0.1) is 5.69 Å². The Morgan fingerprint density at radius 1 is 0.964 bits per heavy atom. The molecule has 1 aromatic carbocycles. The number of phenols is 1. The van der Waals surface area contributed by atoms with Gasteiger partial charge >= 0.3 is 0 Å². The summed E-state index contributed by atoms with van der Waals surface area (Å²) < 4.78 is 0. The van der Waals surface area contributed by atoms with Crippen LogP contribution in [0.4, 0.5) is 5.95 Å². The molecule has 0 aliphatic carbocycles. The van der Waals surface area contributed by atoms with E-state index in [4.69, 9.17) is 4.98 Å². The Hall–Kier alpha value is -2.34. The second-order valence-corrected chi connectivity index (χ2v) is 8.17. The Labute approximate surface area is 166 Å². The summed E-state index contributed by atoms with van der Waals surface area (Å²) in [7, 11) is 0. The average Bonchev–Trinajstić information content (AvgIpc) is 2.71. The van der Waals surface area contributed by atoms with Crippen LogP contribution in [-0.4, -0.2) is 51.3 Å². The van der Waals surface area contributed by atoms with E-state index in [1.165, 1.54) is 19.3 Å². The van der Waals surface area contributed by atoms with Gasteiger partial charge in [-0.25, -0.2) is 4.98 Å². The van der Waals surface area contributed by atoms with Crippen LogP contribution < -0.4 is 4.90 Å². The highest BCUT2D eigenvalue weighted by atomic mass is 16.3. The van der Waals surface area contributed by atoms with Crippen molar-refractivity contribution in [2.45, 2.75) is 51.5 Å². The Morgan fingerprint density at radius 2 is 1.71 bits per heavy atom. The molecule has 0 radical (unpaired) electrons. The van der Waals surface area contributed by atoms with Crippen LogP contribution in [0.2, 0.25) is 0 Å². The summed E-state index contributed by atoms with van der Waals surface area (Å²) in [5, 5.41) is 20.1.